The summed E-state index contributed by atoms with van der Waals surface area (Å²) < 4.78 is 0. The molecule has 2 unspecified atom stereocenters. The summed E-state index contributed by atoms with van der Waals surface area (Å²) in [5.74, 6) is 2.32. The smallest absolute Gasteiger partial charge is 0.295 e. The minimum Gasteiger partial charge on any atom is -0.343 e. The van der Waals surface area contributed by atoms with Gasteiger partial charge in [0.05, 0.1) is 0 Å². The molecule has 0 spiro atoms. The van der Waals surface area contributed by atoms with E-state index in [1.807, 2.05) is 13.0 Å². The molecule has 0 aliphatic heterocycles. The van der Waals surface area contributed by atoms with Crippen molar-refractivity contribution < 1.29 is 4.79 Å². The average molecular weight is 247 g/mol. The highest BCUT2D eigenvalue weighted by atomic mass is 16.1. The number of amides is 1. The first-order chi connectivity index (χ1) is 8.49. The minimum atomic E-state index is -0.330. The molecule has 0 saturated carbocycles. The Morgan fingerprint density at radius 3 is 2.67 bits per heavy atom. The zero-order chi connectivity index (χ0) is 14.0. The van der Waals surface area contributed by atoms with Crippen LogP contribution >= 0.6 is 0 Å². The number of rotatable bonds is 8. The fraction of sp³-hybridized carbons (Fsp3) is 0.562. The molecule has 18 heavy (non-hydrogen) atoms. The summed E-state index contributed by atoms with van der Waals surface area (Å²) in [6, 6.07) is 0.125. The predicted octanol–water partition coefficient (Wildman–Crippen LogP) is 3.45. The van der Waals surface area contributed by atoms with Gasteiger partial charge in [0.15, 0.2) is 0 Å². The maximum atomic E-state index is 11.0. The lowest BCUT2D eigenvalue weighted by Crippen LogP contribution is -2.31. The van der Waals surface area contributed by atoms with E-state index in [0.29, 0.717) is 5.92 Å². The third kappa shape index (κ3) is 8.64. The lowest BCUT2D eigenvalue weighted by atomic mass is 9.99. The molecule has 0 rings (SSSR count). The summed E-state index contributed by atoms with van der Waals surface area (Å²) >= 11 is 0. The van der Waals surface area contributed by atoms with Crippen LogP contribution in [0.2, 0.25) is 0 Å². The summed E-state index contributed by atoms with van der Waals surface area (Å²) in [4.78, 5) is 11.0. The van der Waals surface area contributed by atoms with Crippen molar-refractivity contribution in [2.45, 2.75) is 52.5 Å². The second kappa shape index (κ2) is 9.53. The second-order valence-corrected chi connectivity index (χ2v) is 4.91. The molecule has 0 aromatic heterocycles. The molecular formula is C16H25NO. The Bertz CT molecular complexity index is 335. The van der Waals surface area contributed by atoms with Gasteiger partial charge in [-0.15, -0.1) is 13.0 Å². The van der Waals surface area contributed by atoms with E-state index < -0.39 is 0 Å². The Kier molecular flexibility index (Phi) is 8.74. The highest BCUT2D eigenvalue weighted by Gasteiger charge is 2.05. The normalized spacial score (nSPS) is 14.4. The quantitative estimate of drug-likeness (QED) is 0.516. The van der Waals surface area contributed by atoms with Gasteiger partial charge < -0.3 is 5.32 Å². The molecule has 0 fully saturated rings. The molecule has 0 aliphatic carbocycles. The van der Waals surface area contributed by atoms with Crippen molar-refractivity contribution in [3.63, 3.8) is 0 Å². The topological polar surface area (TPSA) is 29.1 Å². The van der Waals surface area contributed by atoms with Crippen molar-refractivity contribution in [2.75, 3.05) is 0 Å². The largest absolute Gasteiger partial charge is 0.343 e. The molecule has 0 aromatic rings. The number of terminal acetylenes is 1. The van der Waals surface area contributed by atoms with E-state index in [4.69, 9.17) is 6.42 Å². The molecule has 1 amide bonds. The highest BCUT2D eigenvalue weighted by Crippen LogP contribution is 2.14. The van der Waals surface area contributed by atoms with Crippen LogP contribution in [0.25, 0.3) is 0 Å². The molecule has 0 radical (unpaired) electrons. The summed E-state index contributed by atoms with van der Waals surface area (Å²) in [6.07, 6.45) is 13.4. The van der Waals surface area contributed by atoms with Gasteiger partial charge in [-0.25, -0.2) is 0 Å². The van der Waals surface area contributed by atoms with E-state index in [1.54, 1.807) is 0 Å². The van der Waals surface area contributed by atoms with E-state index in [1.165, 1.54) is 5.57 Å². The van der Waals surface area contributed by atoms with Crippen LogP contribution in [0.3, 0.4) is 0 Å². The van der Waals surface area contributed by atoms with E-state index in [2.05, 4.69) is 37.7 Å². The van der Waals surface area contributed by atoms with Gasteiger partial charge in [0, 0.05) is 6.04 Å². The summed E-state index contributed by atoms with van der Waals surface area (Å²) in [6.45, 7) is 10.1. The number of carbonyl (C=O) groups is 1. The Labute approximate surface area is 112 Å². The first kappa shape index (κ1) is 16.5. The molecule has 2 atom stereocenters. The average Bonchev–Trinajstić information content (AvgIpc) is 2.33. The number of allylic oxidation sites excluding steroid dienone is 3. The Morgan fingerprint density at radius 1 is 1.44 bits per heavy atom. The van der Waals surface area contributed by atoms with Crippen molar-refractivity contribution >= 4 is 5.91 Å². The molecule has 2 heteroatoms. The standard InChI is InChI=1S/C16H25NO/c1-6-8-9-13(3)12-14(4)10-11-15(5)17-16(18)7-2/h2,6,12-13,15H,1,8-11H2,3-5H3,(H,17,18)/b14-12+. The van der Waals surface area contributed by atoms with Crippen molar-refractivity contribution in [2.24, 2.45) is 5.92 Å². The van der Waals surface area contributed by atoms with Crippen LogP contribution in [0.15, 0.2) is 24.3 Å². The van der Waals surface area contributed by atoms with Crippen LogP contribution in [-0.2, 0) is 4.79 Å². The summed E-state index contributed by atoms with van der Waals surface area (Å²) in [5.41, 5.74) is 1.37. The maximum absolute atomic E-state index is 11.0. The molecule has 1 N–H and O–H groups in total. The van der Waals surface area contributed by atoms with Gasteiger partial charge in [-0.1, -0.05) is 24.6 Å². The van der Waals surface area contributed by atoms with E-state index in [9.17, 15) is 4.79 Å². The van der Waals surface area contributed by atoms with E-state index in [0.717, 1.165) is 25.7 Å². The lowest BCUT2D eigenvalue weighted by Gasteiger charge is -2.12. The van der Waals surface area contributed by atoms with Crippen LogP contribution in [-0.4, -0.2) is 11.9 Å². The monoisotopic (exact) mass is 247 g/mol. The van der Waals surface area contributed by atoms with Crippen LogP contribution in [0.4, 0.5) is 0 Å². The third-order valence-corrected chi connectivity index (χ3v) is 2.88. The van der Waals surface area contributed by atoms with Crippen molar-refractivity contribution in [1.29, 1.82) is 0 Å². The second-order valence-electron chi connectivity index (χ2n) is 4.91. The van der Waals surface area contributed by atoms with Crippen molar-refractivity contribution in [3.8, 4) is 12.3 Å². The van der Waals surface area contributed by atoms with Gasteiger partial charge in [-0.05, 0) is 51.4 Å². The first-order valence-electron chi connectivity index (χ1n) is 6.54. The van der Waals surface area contributed by atoms with Crippen molar-refractivity contribution in [3.05, 3.63) is 24.3 Å². The van der Waals surface area contributed by atoms with Gasteiger partial charge in [-0.3, -0.25) is 4.79 Å². The molecule has 0 aliphatic rings. The van der Waals surface area contributed by atoms with Gasteiger partial charge >= 0.3 is 0 Å². The molecule has 2 nitrogen and oxygen atoms in total. The fourth-order valence-electron chi connectivity index (χ4n) is 1.81. The molecule has 0 saturated heterocycles. The predicted molar refractivity (Wildman–Crippen MR) is 78.0 cm³/mol. The van der Waals surface area contributed by atoms with Crippen LogP contribution in [0.5, 0.6) is 0 Å². The Morgan fingerprint density at radius 2 is 2.11 bits per heavy atom. The van der Waals surface area contributed by atoms with Crippen LogP contribution in [0.1, 0.15) is 46.5 Å². The summed E-state index contributed by atoms with van der Waals surface area (Å²) in [5, 5.41) is 2.76. The molecule has 100 valence electrons. The number of nitrogens with one attached hydrogen (secondary N) is 1. The zero-order valence-corrected chi connectivity index (χ0v) is 11.8. The summed E-state index contributed by atoms with van der Waals surface area (Å²) in [7, 11) is 0. The van der Waals surface area contributed by atoms with E-state index in [-0.39, 0.29) is 11.9 Å². The lowest BCUT2D eigenvalue weighted by molar-refractivity contribution is -0.116. The molecule has 0 aromatic carbocycles. The number of carbonyl (C=O) groups excluding carboxylic acids is 1. The molecular weight excluding hydrogens is 222 g/mol. The minimum absolute atomic E-state index is 0.125. The first-order valence-corrected chi connectivity index (χ1v) is 6.54. The molecule has 0 bridgehead atoms. The number of hydrogen-bond donors (Lipinski definition) is 1. The highest BCUT2D eigenvalue weighted by molar-refractivity contribution is 5.92. The maximum Gasteiger partial charge on any atom is 0.295 e. The fourth-order valence-corrected chi connectivity index (χ4v) is 1.81. The third-order valence-electron chi connectivity index (χ3n) is 2.88. The Hall–Kier alpha value is -1.49. The van der Waals surface area contributed by atoms with Crippen LogP contribution < -0.4 is 5.32 Å². The van der Waals surface area contributed by atoms with Crippen molar-refractivity contribution in [1.82, 2.24) is 5.32 Å². The SMILES string of the molecule is C#CC(=O)NC(C)CC/C(C)=C/C(C)CCC=C. The van der Waals surface area contributed by atoms with Crippen LogP contribution in [0, 0.1) is 18.3 Å². The molecule has 0 heterocycles. The van der Waals surface area contributed by atoms with Gasteiger partial charge in [-0.2, -0.15) is 0 Å². The number of hydrogen-bond acceptors (Lipinski definition) is 1. The zero-order valence-electron chi connectivity index (χ0n) is 11.8. The van der Waals surface area contributed by atoms with E-state index >= 15 is 0 Å². The van der Waals surface area contributed by atoms with Gasteiger partial charge in [0.2, 0.25) is 0 Å². The van der Waals surface area contributed by atoms with Gasteiger partial charge in [0.25, 0.3) is 5.91 Å². The van der Waals surface area contributed by atoms with Gasteiger partial charge in [0.1, 0.15) is 0 Å². The Balaban J connectivity index is 3.97.